The van der Waals surface area contributed by atoms with Gasteiger partial charge in [0.1, 0.15) is 0 Å². The second kappa shape index (κ2) is 4.82. The van der Waals surface area contributed by atoms with E-state index in [4.69, 9.17) is 4.74 Å². The molecule has 100 valence electrons. The topological polar surface area (TPSA) is 70.0 Å². The van der Waals surface area contributed by atoms with E-state index in [2.05, 4.69) is 0 Å². The lowest BCUT2D eigenvalue weighted by Crippen LogP contribution is -2.57. The maximum atomic E-state index is 11.3. The van der Waals surface area contributed by atoms with Gasteiger partial charge in [-0.1, -0.05) is 20.8 Å². The summed E-state index contributed by atoms with van der Waals surface area (Å²) >= 11 is 0. The Bertz CT molecular complexity index is 287. The largest absolute Gasteiger partial charge is 0.465 e. The predicted molar refractivity (Wildman–Crippen MR) is 64.0 cm³/mol. The summed E-state index contributed by atoms with van der Waals surface area (Å²) in [5.74, 6) is 0.155. The Morgan fingerprint density at radius 2 is 2.12 bits per heavy atom. The zero-order valence-corrected chi connectivity index (χ0v) is 11.1. The van der Waals surface area contributed by atoms with E-state index >= 15 is 0 Å². The lowest BCUT2D eigenvalue weighted by molar-refractivity contribution is -0.0118. The number of carbonyl (C=O) groups is 1. The van der Waals surface area contributed by atoms with E-state index in [1.165, 1.54) is 4.90 Å². The van der Waals surface area contributed by atoms with Crippen molar-refractivity contribution < 1.29 is 19.7 Å². The Morgan fingerprint density at radius 1 is 1.53 bits per heavy atom. The van der Waals surface area contributed by atoms with Crippen LogP contribution in [0.1, 0.15) is 27.2 Å². The molecule has 1 fully saturated rings. The van der Waals surface area contributed by atoms with Gasteiger partial charge in [-0.25, -0.2) is 4.79 Å². The number of hydrogen-bond donors (Lipinski definition) is 2. The third-order valence-corrected chi connectivity index (χ3v) is 3.87. The second-order valence-electron chi connectivity index (χ2n) is 5.86. The van der Waals surface area contributed by atoms with Crippen LogP contribution in [-0.4, -0.2) is 53.6 Å². The molecule has 0 aromatic carbocycles. The highest BCUT2D eigenvalue weighted by Crippen LogP contribution is 2.45. The third-order valence-electron chi connectivity index (χ3n) is 3.87. The van der Waals surface area contributed by atoms with Gasteiger partial charge >= 0.3 is 6.09 Å². The molecule has 1 heterocycles. The molecule has 1 aliphatic rings. The number of aliphatic hydroxyl groups excluding tert-OH is 1. The first-order valence-electron chi connectivity index (χ1n) is 5.89. The van der Waals surface area contributed by atoms with Crippen molar-refractivity contribution in [2.75, 3.05) is 26.9 Å². The predicted octanol–water partition coefficient (Wildman–Crippen LogP) is 1.41. The molecule has 2 atom stereocenters. The second-order valence-corrected chi connectivity index (χ2v) is 5.86. The van der Waals surface area contributed by atoms with Gasteiger partial charge in [-0.2, -0.15) is 0 Å². The molecule has 0 aromatic rings. The van der Waals surface area contributed by atoms with Gasteiger partial charge in [0.2, 0.25) is 0 Å². The normalized spacial score (nSPS) is 29.7. The molecule has 0 bridgehead atoms. The fraction of sp³-hybridized carbons (Fsp3) is 0.917. The summed E-state index contributed by atoms with van der Waals surface area (Å²) in [7, 11) is 1.61. The van der Waals surface area contributed by atoms with Crippen LogP contribution in [0.5, 0.6) is 0 Å². The fourth-order valence-corrected chi connectivity index (χ4v) is 2.79. The van der Waals surface area contributed by atoms with Gasteiger partial charge in [-0.15, -0.1) is 0 Å². The maximum Gasteiger partial charge on any atom is 0.407 e. The molecule has 17 heavy (non-hydrogen) atoms. The van der Waals surface area contributed by atoms with Gasteiger partial charge in [0.15, 0.2) is 0 Å². The van der Waals surface area contributed by atoms with E-state index in [1.807, 2.05) is 20.8 Å². The number of nitrogens with zero attached hydrogens (tertiary/aromatic N) is 1. The van der Waals surface area contributed by atoms with Gasteiger partial charge in [-0.3, -0.25) is 4.90 Å². The van der Waals surface area contributed by atoms with Gasteiger partial charge in [-0.05, 0) is 11.8 Å². The lowest BCUT2D eigenvalue weighted by Gasteiger charge is -2.45. The smallest absolute Gasteiger partial charge is 0.407 e. The summed E-state index contributed by atoms with van der Waals surface area (Å²) in [6.45, 7) is 6.71. The Kier molecular flexibility index (Phi) is 4.04. The number of methoxy groups -OCH3 is 1. The number of rotatable bonds is 3. The van der Waals surface area contributed by atoms with Crippen molar-refractivity contribution in [1.82, 2.24) is 4.90 Å². The van der Waals surface area contributed by atoms with Crippen molar-refractivity contribution >= 4 is 6.09 Å². The average Bonchev–Trinajstić information content (AvgIpc) is 2.58. The lowest BCUT2D eigenvalue weighted by atomic mass is 9.71. The van der Waals surface area contributed by atoms with Gasteiger partial charge in [0.05, 0.1) is 18.8 Å². The van der Waals surface area contributed by atoms with Crippen molar-refractivity contribution in [3.8, 4) is 0 Å². The molecule has 0 unspecified atom stereocenters. The molecule has 1 saturated heterocycles. The van der Waals surface area contributed by atoms with Crippen LogP contribution in [0.2, 0.25) is 0 Å². The summed E-state index contributed by atoms with van der Waals surface area (Å²) in [4.78, 5) is 12.7. The quantitative estimate of drug-likeness (QED) is 0.788. The molecule has 2 N–H and O–H groups in total. The van der Waals surface area contributed by atoms with Crippen LogP contribution in [0.25, 0.3) is 0 Å². The van der Waals surface area contributed by atoms with Gasteiger partial charge < -0.3 is 14.9 Å². The first-order valence-corrected chi connectivity index (χ1v) is 5.89. The Morgan fingerprint density at radius 3 is 2.41 bits per heavy atom. The maximum absolute atomic E-state index is 11.3. The molecule has 1 rings (SSSR count). The molecule has 0 spiro atoms. The van der Waals surface area contributed by atoms with Crippen LogP contribution in [0, 0.1) is 11.3 Å². The van der Waals surface area contributed by atoms with Crippen molar-refractivity contribution in [2.24, 2.45) is 11.3 Å². The summed E-state index contributed by atoms with van der Waals surface area (Å²) in [6, 6.07) is 0. The monoisotopic (exact) mass is 245 g/mol. The van der Waals surface area contributed by atoms with Gasteiger partial charge in [0.25, 0.3) is 0 Å². The summed E-state index contributed by atoms with van der Waals surface area (Å²) in [6.07, 6.45) is -0.319. The van der Waals surface area contributed by atoms with Crippen molar-refractivity contribution in [1.29, 1.82) is 0 Å². The molecule has 0 aliphatic carbocycles. The fourth-order valence-electron chi connectivity index (χ4n) is 2.79. The minimum atomic E-state index is -0.965. The minimum absolute atomic E-state index is 0.150. The highest BCUT2D eigenvalue weighted by molar-refractivity contribution is 5.67. The number of ether oxygens (including phenoxy) is 1. The molecular weight excluding hydrogens is 222 g/mol. The Labute approximate surface area is 102 Å². The SMILES string of the molecule is COC[C@@H]1CN(C(=O)O)[C@](CO)(C(C)(C)C)C1. The van der Waals surface area contributed by atoms with E-state index in [0.29, 0.717) is 19.6 Å². The summed E-state index contributed by atoms with van der Waals surface area (Å²) in [5.41, 5.74) is -1.01. The highest BCUT2D eigenvalue weighted by Gasteiger charge is 2.54. The van der Waals surface area contributed by atoms with E-state index < -0.39 is 11.6 Å². The number of aliphatic hydroxyl groups is 1. The standard InChI is InChI=1S/C12H23NO4/c1-11(2,3)12(8-14)5-9(7-17-4)6-13(12)10(15)16/h9,14H,5-8H2,1-4H3,(H,15,16)/t9-,12+/m0/s1. The molecule has 0 saturated carbocycles. The summed E-state index contributed by atoms with van der Waals surface area (Å²) in [5, 5.41) is 19.0. The molecule has 0 radical (unpaired) electrons. The van der Waals surface area contributed by atoms with Crippen LogP contribution < -0.4 is 0 Å². The zero-order chi connectivity index (χ0) is 13.3. The van der Waals surface area contributed by atoms with Crippen molar-refractivity contribution in [3.05, 3.63) is 0 Å². The van der Waals surface area contributed by atoms with Crippen LogP contribution >= 0.6 is 0 Å². The van der Waals surface area contributed by atoms with Crippen molar-refractivity contribution in [3.63, 3.8) is 0 Å². The number of likely N-dealkylation sites (tertiary alicyclic amines) is 1. The van der Waals surface area contributed by atoms with E-state index in [-0.39, 0.29) is 17.9 Å². The highest BCUT2D eigenvalue weighted by atomic mass is 16.5. The molecular formula is C12H23NO4. The summed E-state index contributed by atoms with van der Waals surface area (Å²) < 4.78 is 5.10. The van der Waals surface area contributed by atoms with E-state index in [9.17, 15) is 15.0 Å². The molecule has 1 amide bonds. The first kappa shape index (κ1) is 14.3. The molecule has 5 heteroatoms. The average molecular weight is 245 g/mol. The number of carboxylic acid groups (broad SMARTS) is 1. The van der Waals surface area contributed by atoms with Crippen LogP contribution in [0.15, 0.2) is 0 Å². The van der Waals surface area contributed by atoms with Gasteiger partial charge in [0, 0.05) is 19.6 Å². The number of hydrogen-bond acceptors (Lipinski definition) is 3. The molecule has 1 aliphatic heterocycles. The first-order chi connectivity index (χ1) is 7.78. The third kappa shape index (κ3) is 2.40. The van der Waals surface area contributed by atoms with Crippen LogP contribution in [-0.2, 0) is 4.74 Å². The molecule has 0 aromatic heterocycles. The van der Waals surface area contributed by atoms with Crippen molar-refractivity contribution in [2.45, 2.75) is 32.7 Å². The number of amides is 1. The Hall–Kier alpha value is -0.810. The molecule has 5 nitrogen and oxygen atoms in total. The zero-order valence-electron chi connectivity index (χ0n) is 11.1. The minimum Gasteiger partial charge on any atom is -0.465 e. The van der Waals surface area contributed by atoms with Crippen LogP contribution in [0.4, 0.5) is 4.79 Å². The van der Waals surface area contributed by atoms with E-state index in [1.54, 1.807) is 7.11 Å². The Balaban J connectivity index is 3.04. The van der Waals surface area contributed by atoms with Crippen LogP contribution in [0.3, 0.4) is 0 Å². The van der Waals surface area contributed by atoms with E-state index in [0.717, 1.165) is 0 Å².